The number of carbonyl (C=O) groups excluding carboxylic acids is 1. The molecule has 6 heteroatoms. The minimum atomic E-state index is -0.467. The molecule has 0 unspecified atom stereocenters. The average molecular weight is 333 g/mol. The van der Waals surface area contributed by atoms with Crippen molar-refractivity contribution in [1.82, 2.24) is 4.90 Å². The number of nitrogens with zero attached hydrogens (tertiary/aromatic N) is 1. The summed E-state index contributed by atoms with van der Waals surface area (Å²) in [6.07, 6.45) is 0.875. The van der Waals surface area contributed by atoms with Crippen molar-refractivity contribution in [3.05, 3.63) is 20.8 Å². The first-order valence-corrected chi connectivity index (χ1v) is 7.51. The number of thiophene rings is 1. The highest BCUT2D eigenvalue weighted by atomic mass is 79.9. The zero-order valence-electron chi connectivity index (χ0n) is 10.3. The first-order valence-electron chi connectivity index (χ1n) is 5.84. The van der Waals surface area contributed by atoms with Gasteiger partial charge in [0, 0.05) is 34.9 Å². The van der Waals surface area contributed by atoms with E-state index in [0.29, 0.717) is 26.3 Å². The minimum absolute atomic E-state index is 0.104. The Kier molecular flexibility index (Phi) is 4.42. The Labute approximate surface area is 119 Å². The van der Waals surface area contributed by atoms with Gasteiger partial charge in [-0.25, -0.2) is 0 Å². The highest BCUT2D eigenvalue weighted by Crippen LogP contribution is 2.28. The molecule has 1 saturated heterocycles. The zero-order chi connectivity index (χ0) is 13.2. The predicted octanol–water partition coefficient (Wildman–Crippen LogP) is 1.49. The topological polar surface area (TPSA) is 55.6 Å². The van der Waals surface area contributed by atoms with Gasteiger partial charge in [-0.15, -0.1) is 11.3 Å². The van der Waals surface area contributed by atoms with Crippen molar-refractivity contribution in [1.29, 1.82) is 0 Å². The fraction of sp³-hybridized carbons (Fsp3) is 0.583. The van der Waals surface area contributed by atoms with Crippen LogP contribution in [0.5, 0.6) is 0 Å². The Morgan fingerprint density at radius 2 is 2.39 bits per heavy atom. The van der Waals surface area contributed by atoms with Crippen LogP contribution in [0.3, 0.4) is 0 Å². The van der Waals surface area contributed by atoms with Crippen LogP contribution in [0.25, 0.3) is 0 Å². The number of hydrogen-bond donors (Lipinski definition) is 1. The second kappa shape index (κ2) is 5.69. The maximum absolute atomic E-state index is 12.3. The molecular weight excluding hydrogens is 316 g/mol. The lowest BCUT2D eigenvalue weighted by molar-refractivity contribution is -0.169. The van der Waals surface area contributed by atoms with Crippen molar-refractivity contribution >= 4 is 33.2 Å². The summed E-state index contributed by atoms with van der Waals surface area (Å²) in [6, 6.07) is 2.09. The zero-order valence-corrected chi connectivity index (χ0v) is 12.7. The third-order valence-electron chi connectivity index (χ3n) is 3.26. The highest BCUT2D eigenvalue weighted by Gasteiger charge is 2.46. The molecule has 1 amide bonds. The molecule has 1 aromatic heterocycles. The SMILES string of the molecule is CN(CCc1cc(Br)cs1)C(=O)C1(CN)COC1. The summed E-state index contributed by atoms with van der Waals surface area (Å²) in [4.78, 5) is 15.3. The van der Waals surface area contributed by atoms with Crippen LogP contribution in [-0.2, 0) is 16.0 Å². The molecule has 2 N–H and O–H groups in total. The van der Waals surface area contributed by atoms with Crippen LogP contribution < -0.4 is 5.73 Å². The summed E-state index contributed by atoms with van der Waals surface area (Å²) >= 11 is 5.13. The molecule has 1 fully saturated rings. The molecule has 2 rings (SSSR count). The Bertz CT molecular complexity index is 426. The number of halogens is 1. The summed E-state index contributed by atoms with van der Waals surface area (Å²) in [5.41, 5.74) is 5.22. The fourth-order valence-corrected chi connectivity index (χ4v) is 3.39. The monoisotopic (exact) mass is 332 g/mol. The van der Waals surface area contributed by atoms with Crippen LogP contribution in [0.4, 0.5) is 0 Å². The van der Waals surface area contributed by atoms with Gasteiger partial charge < -0.3 is 15.4 Å². The lowest BCUT2D eigenvalue weighted by Crippen LogP contribution is -2.58. The molecule has 2 heterocycles. The van der Waals surface area contributed by atoms with Crippen molar-refractivity contribution < 1.29 is 9.53 Å². The lowest BCUT2D eigenvalue weighted by atomic mass is 9.84. The molecule has 4 nitrogen and oxygen atoms in total. The second-order valence-corrected chi connectivity index (χ2v) is 6.60. The van der Waals surface area contributed by atoms with E-state index in [-0.39, 0.29) is 5.91 Å². The third-order valence-corrected chi connectivity index (χ3v) is 5.02. The number of nitrogens with two attached hydrogens (primary N) is 1. The molecular formula is C12H17BrN2O2S. The molecule has 1 aromatic rings. The average Bonchev–Trinajstić information content (AvgIpc) is 2.71. The Morgan fingerprint density at radius 1 is 1.67 bits per heavy atom. The van der Waals surface area contributed by atoms with Crippen LogP contribution in [-0.4, -0.2) is 44.2 Å². The molecule has 0 aliphatic carbocycles. The predicted molar refractivity (Wildman–Crippen MR) is 75.7 cm³/mol. The number of rotatable bonds is 5. The maximum Gasteiger partial charge on any atom is 0.234 e. The third kappa shape index (κ3) is 2.77. The molecule has 0 spiro atoms. The van der Waals surface area contributed by atoms with Crippen molar-refractivity contribution in [2.45, 2.75) is 6.42 Å². The molecule has 0 saturated carbocycles. The van der Waals surface area contributed by atoms with Gasteiger partial charge in [-0.3, -0.25) is 4.79 Å². The van der Waals surface area contributed by atoms with E-state index in [1.165, 1.54) is 4.88 Å². The summed E-state index contributed by atoms with van der Waals surface area (Å²) in [5, 5.41) is 2.05. The molecule has 0 bridgehead atoms. The van der Waals surface area contributed by atoms with Crippen molar-refractivity contribution in [2.75, 3.05) is 33.4 Å². The van der Waals surface area contributed by atoms with Gasteiger partial charge in [0.25, 0.3) is 0 Å². The van der Waals surface area contributed by atoms with E-state index in [1.807, 2.05) is 7.05 Å². The molecule has 100 valence electrons. The molecule has 0 aromatic carbocycles. The summed E-state index contributed by atoms with van der Waals surface area (Å²) in [5.74, 6) is 0.104. The van der Waals surface area contributed by atoms with E-state index in [9.17, 15) is 4.79 Å². The van der Waals surface area contributed by atoms with E-state index >= 15 is 0 Å². The van der Waals surface area contributed by atoms with Gasteiger partial charge in [0.2, 0.25) is 5.91 Å². The summed E-state index contributed by atoms with van der Waals surface area (Å²) < 4.78 is 6.23. The lowest BCUT2D eigenvalue weighted by Gasteiger charge is -2.41. The number of carbonyl (C=O) groups is 1. The second-order valence-electron chi connectivity index (χ2n) is 4.69. The summed E-state index contributed by atoms with van der Waals surface area (Å²) in [7, 11) is 1.83. The van der Waals surface area contributed by atoms with Gasteiger partial charge in [0.05, 0.1) is 13.2 Å². The van der Waals surface area contributed by atoms with Gasteiger partial charge in [-0.2, -0.15) is 0 Å². The highest BCUT2D eigenvalue weighted by molar-refractivity contribution is 9.10. The van der Waals surface area contributed by atoms with Gasteiger partial charge in [-0.1, -0.05) is 0 Å². The molecule has 1 aliphatic rings. The van der Waals surface area contributed by atoms with E-state index in [0.717, 1.165) is 10.9 Å². The fourth-order valence-electron chi connectivity index (χ4n) is 1.95. The first-order chi connectivity index (χ1) is 8.57. The van der Waals surface area contributed by atoms with Crippen molar-refractivity contribution in [2.24, 2.45) is 11.1 Å². The maximum atomic E-state index is 12.3. The number of ether oxygens (including phenoxy) is 1. The Morgan fingerprint density at radius 3 is 2.83 bits per heavy atom. The van der Waals surface area contributed by atoms with E-state index in [2.05, 4.69) is 27.4 Å². The van der Waals surface area contributed by atoms with E-state index in [1.54, 1.807) is 16.2 Å². The number of hydrogen-bond acceptors (Lipinski definition) is 4. The van der Waals surface area contributed by atoms with Crippen LogP contribution >= 0.6 is 27.3 Å². The van der Waals surface area contributed by atoms with Crippen LogP contribution in [0.1, 0.15) is 4.88 Å². The van der Waals surface area contributed by atoms with Gasteiger partial charge in [0.1, 0.15) is 5.41 Å². The quantitative estimate of drug-likeness (QED) is 0.888. The molecule has 18 heavy (non-hydrogen) atoms. The van der Waals surface area contributed by atoms with Gasteiger partial charge in [-0.05, 0) is 28.4 Å². The van der Waals surface area contributed by atoms with Gasteiger partial charge >= 0.3 is 0 Å². The molecule has 0 atom stereocenters. The van der Waals surface area contributed by atoms with Crippen molar-refractivity contribution in [3.8, 4) is 0 Å². The Hall–Kier alpha value is -0.430. The summed E-state index contributed by atoms with van der Waals surface area (Å²) in [6.45, 7) is 1.99. The van der Waals surface area contributed by atoms with Crippen LogP contribution in [0, 0.1) is 5.41 Å². The standard InChI is InChI=1S/C12H17BrN2O2S/c1-15(3-2-10-4-9(13)5-18-10)11(16)12(6-14)7-17-8-12/h4-5H,2-3,6-8,14H2,1H3. The number of amides is 1. The van der Waals surface area contributed by atoms with Crippen LogP contribution in [0.2, 0.25) is 0 Å². The van der Waals surface area contributed by atoms with Gasteiger partial charge in [0.15, 0.2) is 0 Å². The Balaban J connectivity index is 1.87. The van der Waals surface area contributed by atoms with Crippen LogP contribution in [0.15, 0.2) is 15.9 Å². The van der Waals surface area contributed by atoms with Crippen molar-refractivity contribution in [3.63, 3.8) is 0 Å². The molecule has 0 radical (unpaired) electrons. The smallest absolute Gasteiger partial charge is 0.234 e. The normalized spacial score (nSPS) is 17.3. The van der Waals surface area contributed by atoms with E-state index in [4.69, 9.17) is 10.5 Å². The first kappa shape index (κ1) is 14.0. The minimum Gasteiger partial charge on any atom is -0.379 e. The number of likely N-dealkylation sites (N-methyl/N-ethyl adjacent to an activating group) is 1. The molecule has 1 aliphatic heterocycles. The van der Waals surface area contributed by atoms with E-state index < -0.39 is 5.41 Å². The largest absolute Gasteiger partial charge is 0.379 e.